The maximum absolute atomic E-state index is 6.14. The Hall–Kier alpha value is -3.09. The fourth-order valence-electron chi connectivity index (χ4n) is 4.14. The van der Waals surface area contributed by atoms with Gasteiger partial charge in [0.15, 0.2) is 11.5 Å². The third-order valence-electron chi connectivity index (χ3n) is 5.76. The molecule has 0 bridgehead atoms. The second kappa shape index (κ2) is 9.18. The predicted octanol–water partition coefficient (Wildman–Crippen LogP) is 5.42. The Bertz CT molecular complexity index is 1240. The summed E-state index contributed by atoms with van der Waals surface area (Å²) in [4.78, 5) is 12.5. The lowest BCUT2D eigenvalue weighted by molar-refractivity contribution is 0.217. The first-order valence-electron chi connectivity index (χ1n) is 10.6. The highest BCUT2D eigenvalue weighted by molar-refractivity contribution is 7.98. The lowest BCUT2D eigenvalue weighted by Crippen LogP contribution is -2.25. The zero-order chi connectivity index (χ0) is 21.9. The maximum atomic E-state index is 6.14. The summed E-state index contributed by atoms with van der Waals surface area (Å²) in [6.45, 7) is 3.08. The van der Waals surface area contributed by atoms with Gasteiger partial charge in [-0.3, -0.25) is 14.9 Å². The van der Waals surface area contributed by atoms with Crippen LogP contribution in [0.25, 0.3) is 22.2 Å². The van der Waals surface area contributed by atoms with Crippen LogP contribution < -0.4 is 9.47 Å². The lowest BCUT2D eigenvalue weighted by Gasteiger charge is -2.20. The molecule has 0 fully saturated rings. The number of hydrogen-bond donors (Lipinski definition) is 0. The fourth-order valence-corrected chi connectivity index (χ4v) is 4.55. The van der Waals surface area contributed by atoms with E-state index in [1.165, 1.54) is 16.0 Å². The fraction of sp³-hybridized carbons (Fsp3) is 0.231. The van der Waals surface area contributed by atoms with Crippen LogP contribution in [0.4, 0.5) is 0 Å². The van der Waals surface area contributed by atoms with Crippen LogP contribution in [-0.2, 0) is 13.1 Å². The highest BCUT2D eigenvalue weighted by atomic mass is 32.2. The van der Waals surface area contributed by atoms with Crippen LogP contribution in [0.15, 0.2) is 71.9 Å². The molecule has 5 rings (SSSR count). The second-order valence-electron chi connectivity index (χ2n) is 7.83. The molecule has 2 heterocycles. The monoisotopic (exact) mass is 443 g/mol. The zero-order valence-electron chi connectivity index (χ0n) is 18.2. The molecular formula is C26H25N3O2S. The van der Waals surface area contributed by atoms with Crippen LogP contribution in [0.1, 0.15) is 11.1 Å². The van der Waals surface area contributed by atoms with Gasteiger partial charge in [-0.1, -0.05) is 18.2 Å². The van der Waals surface area contributed by atoms with Gasteiger partial charge >= 0.3 is 0 Å². The first-order valence-corrected chi connectivity index (χ1v) is 11.9. The molecule has 5 nitrogen and oxygen atoms in total. The number of nitrogens with zero attached hydrogens (tertiary/aromatic N) is 3. The number of methoxy groups -OCH3 is 1. The van der Waals surface area contributed by atoms with Gasteiger partial charge in [0, 0.05) is 42.5 Å². The highest BCUT2D eigenvalue weighted by Gasteiger charge is 2.21. The molecule has 0 aliphatic carbocycles. The minimum Gasteiger partial charge on any atom is -0.493 e. The molecule has 6 heteroatoms. The zero-order valence-corrected chi connectivity index (χ0v) is 19.1. The summed E-state index contributed by atoms with van der Waals surface area (Å²) in [6.07, 6.45) is 5.56. The van der Waals surface area contributed by atoms with Gasteiger partial charge in [-0.05, 0) is 59.3 Å². The third kappa shape index (κ3) is 4.29. The van der Waals surface area contributed by atoms with Crippen LogP contribution >= 0.6 is 11.8 Å². The molecule has 3 aromatic carbocycles. The summed E-state index contributed by atoms with van der Waals surface area (Å²) >= 11 is 1.75. The van der Waals surface area contributed by atoms with Crippen molar-refractivity contribution in [1.82, 2.24) is 14.9 Å². The van der Waals surface area contributed by atoms with E-state index in [-0.39, 0.29) is 0 Å². The smallest absolute Gasteiger partial charge is 0.165 e. The van der Waals surface area contributed by atoms with Gasteiger partial charge in [0.2, 0.25) is 0 Å². The van der Waals surface area contributed by atoms with Crippen molar-refractivity contribution in [2.75, 3.05) is 26.5 Å². The van der Waals surface area contributed by atoms with Gasteiger partial charge in [-0.2, -0.15) is 0 Å². The van der Waals surface area contributed by atoms with Crippen molar-refractivity contribution < 1.29 is 9.47 Å². The Labute approximate surface area is 192 Å². The third-order valence-corrected chi connectivity index (χ3v) is 6.51. The van der Waals surface area contributed by atoms with E-state index >= 15 is 0 Å². The molecule has 162 valence electrons. The molecule has 32 heavy (non-hydrogen) atoms. The van der Waals surface area contributed by atoms with Crippen molar-refractivity contribution in [3.05, 3.63) is 78.1 Å². The van der Waals surface area contributed by atoms with Gasteiger partial charge < -0.3 is 9.47 Å². The molecule has 1 aliphatic heterocycles. The molecule has 4 aromatic rings. The Morgan fingerprint density at radius 1 is 0.969 bits per heavy atom. The SMILES string of the molecule is COc1cc(-c2ccc(SC)cc2)cc2c1OCCN(Cc1ccc3nccnc3c1)C2. The van der Waals surface area contributed by atoms with Gasteiger partial charge in [0.25, 0.3) is 0 Å². The summed E-state index contributed by atoms with van der Waals surface area (Å²) in [7, 11) is 1.71. The molecule has 0 atom stereocenters. The van der Waals surface area contributed by atoms with Gasteiger partial charge in [-0.25, -0.2) is 0 Å². The van der Waals surface area contributed by atoms with E-state index in [1.807, 2.05) is 6.07 Å². The van der Waals surface area contributed by atoms with Crippen LogP contribution in [-0.4, -0.2) is 41.4 Å². The van der Waals surface area contributed by atoms with Crippen LogP contribution in [0, 0.1) is 0 Å². The summed E-state index contributed by atoms with van der Waals surface area (Å²) in [5.74, 6) is 1.64. The average Bonchev–Trinajstić information content (AvgIpc) is 3.05. The summed E-state index contributed by atoms with van der Waals surface area (Å²) < 4.78 is 11.9. The Kier molecular flexibility index (Phi) is 5.97. The van der Waals surface area contributed by atoms with Crippen molar-refractivity contribution in [1.29, 1.82) is 0 Å². The Morgan fingerprint density at radius 2 is 1.78 bits per heavy atom. The van der Waals surface area contributed by atoms with Crippen molar-refractivity contribution in [3.63, 3.8) is 0 Å². The maximum Gasteiger partial charge on any atom is 0.165 e. The van der Waals surface area contributed by atoms with Crippen LogP contribution in [0.3, 0.4) is 0 Å². The number of aromatic nitrogens is 2. The summed E-state index contributed by atoms with van der Waals surface area (Å²) in [6, 6.07) is 19.2. The largest absolute Gasteiger partial charge is 0.493 e. The number of thioether (sulfide) groups is 1. The molecule has 1 aliphatic rings. The van der Waals surface area contributed by atoms with Crippen molar-refractivity contribution in [2.45, 2.75) is 18.0 Å². The van der Waals surface area contributed by atoms with E-state index in [1.54, 1.807) is 31.3 Å². The number of ether oxygens (including phenoxy) is 2. The van der Waals surface area contributed by atoms with Crippen LogP contribution in [0.5, 0.6) is 11.5 Å². The molecule has 0 radical (unpaired) electrons. The molecule has 0 spiro atoms. The van der Waals surface area contributed by atoms with Crippen molar-refractivity contribution in [3.8, 4) is 22.6 Å². The predicted molar refractivity (Wildman–Crippen MR) is 129 cm³/mol. The number of benzene rings is 3. The first-order chi connectivity index (χ1) is 15.7. The number of hydrogen-bond acceptors (Lipinski definition) is 6. The van der Waals surface area contributed by atoms with Gasteiger partial charge in [0.05, 0.1) is 18.1 Å². The van der Waals surface area contributed by atoms with E-state index in [2.05, 4.69) is 69.7 Å². The Morgan fingerprint density at radius 3 is 2.56 bits per heavy atom. The topological polar surface area (TPSA) is 47.5 Å². The quantitative estimate of drug-likeness (QED) is 0.384. The van der Waals surface area contributed by atoms with E-state index in [0.717, 1.165) is 53.3 Å². The van der Waals surface area contributed by atoms with Crippen molar-refractivity contribution in [2.24, 2.45) is 0 Å². The molecule has 0 N–H and O–H groups in total. The van der Waals surface area contributed by atoms with Gasteiger partial charge in [-0.15, -0.1) is 11.8 Å². The van der Waals surface area contributed by atoms with E-state index < -0.39 is 0 Å². The molecular weight excluding hydrogens is 418 g/mol. The average molecular weight is 444 g/mol. The minimum absolute atomic E-state index is 0.624. The highest BCUT2D eigenvalue weighted by Crippen LogP contribution is 2.39. The van der Waals surface area contributed by atoms with Crippen LogP contribution in [0.2, 0.25) is 0 Å². The van der Waals surface area contributed by atoms with E-state index in [4.69, 9.17) is 9.47 Å². The van der Waals surface area contributed by atoms with E-state index in [0.29, 0.717) is 6.61 Å². The van der Waals surface area contributed by atoms with E-state index in [9.17, 15) is 0 Å². The standard InChI is InChI=1S/C26H25N3O2S/c1-30-25-15-20(19-4-6-22(32-2)7-5-19)14-21-17-29(11-12-31-26(21)25)16-18-3-8-23-24(13-18)28-10-9-27-23/h3-10,13-15H,11-12,16-17H2,1-2H3. The summed E-state index contributed by atoms with van der Waals surface area (Å²) in [5, 5.41) is 0. The second-order valence-corrected chi connectivity index (χ2v) is 8.71. The normalized spacial score (nSPS) is 13.9. The molecule has 0 saturated carbocycles. The van der Waals surface area contributed by atoms with Gasteiger partial charge in [0.1, 0.15) is 6.61 Å². The summed E-state index contributed by atoms with van der Waals surface area (Å²) in [5.41, 5.74) is 6.52. The molecule has 0 amide bonds. The molecule has 0 saturated heterocycles. The number of fused-ring (bicyclic) bond motifs is 2. The minimum atomic E-state index is 0.624. The lowest BCUT2D eigenvalue weighted by atomic mass is 10.0. The Balaban J connectivity index is 1.44. The number of rotatable bonds is 5. The molecule has 0 unspecified atom stereocenters. The van der Waals surface area contributed by atoms with Crippen molar-refractivity contribution >= 4 is 22.8 Å². The molecule has 1 aromatic heterocycles. The first kappa shape index (κ1) is 20.8.